The van der Waals surface area contributed by atoms with Crippen molar-refractivity contribution in [2.24, 2.45) is 0 Å². The van der Waals surface area contributed by atoms with Crippen molar-refractivity contribution in [3.8, 4) is 0 Å². The van der Waals surface area contributed by atoms with Crippen LogP contribution in [0.5, 0.6) is 0 Å². The number of hydrogen-bond donors (Lipinski definition) is 0. The molecule has 2 aromatic carbocycles. The third-order valence-corrected chi connectivity index (χ3v) is 4.41. The third-order valence-electron chi connectivity index (χ3n) is 4.41. The molecule has 1 aliphatic heterocycles. The van der Waals surface area contributed by atoms with Gasteiger partial charge in [0, 0.05) is 24.2 Å². The highest BCUT2D eigenvalue weighted by Gasteiger charge is 2.37. The molecule has 0 spiro atoms. The summed E-state index contributed by atoms with van der Waals surface area (Å²) in [5, 5.41) is 0. The van der Waals surface area contributed by atoms with Crippen LogP contribution in [0, 0.1) is 0 Å². The van der Waals surface area contributed by atoms with Crippen molar-refractivity contribution in [3.63, 3.8) is 0 Å². The summed E-state index contributed by atoms with van der Waals surface area (Å²) in [6, 6.07) is 18.6. The molecule has 0 saturated carbocycles. The van der Waals surface area contributed by atoms with Gasteiger partial charge in [0.05, 0.1) is 0 Å². The number of rotatable bonds is 4. The zero-order valence-corrected chi connectivity index (χ0v) is 13.9. The second-order valence-electron chi connectivity index (χ2n) is 6.00. The lowest BCUT2D eigenvalue weighted by Crippen LogP contribution is -2.44. The van der Waals surface area contributed by atoms with Crippen LogP contribution < -0.4 is 0 Å². The van der Waals surface area contributed by atoms with Crippen molar-refractivity contribution in [2.45, 2.75) is 25.9 Å². The van der Waals surface area contributed by atoms with Gasteiger partial charge in [-0.1, -0.05) is 49.7 Å². The molecule has 1 aliphatic rings. The summed E-state index contributed by atoms with van der Waals surface area (Å²) in [6.07, 6.45) is 1.54. The van der Waals surface area contributed by atoms with Crippen LogP contribution in [0.4, 0.5) is 0 Å². The Labute approximate surface area is 142 Å². The first-order valence-electron chi connectivity index (χ1n) is 8.44. The van der Waals surface area contributed by atoms with Crippen LogP contribution >= 0.6 is 0 Å². The molecule has 0 bridgehead atoms. The summed E-state index contributed by atoms with van der Waals surface area (Å²) in [7, 11) is 0. The van der Waals surface area contributed by atoms with Crippen molar-refractivity contribution in [3.05, 3.63) is 71.8 Å². The quantitative estimate of drug-likeness (QED) is 0.865. The molecule has 2 amide bonds. The second-order valence-corrected chi connectivity index (χ2v) is 6.00. The number of hydrogen-bond acceptors (Lipinski definition) is 2. The average molecular weight is 322 g/mol. The first-order chi connectivity index (χ1) is 11.7. The zero-order chi connectivity index (χ0) is 16.9. The number of nitrogens with zero attached hydrogens (tertiary/aromatic N) is 2. The molecule has 1 fully saturated rings. The maximum absolute atomic E-state index is 12.8. The molecule has 124 valence electrons. The van der Waals surface area contributed by atoms with Crippen LogP contribution in [0.15, 0.2) is 60.7 Å². The van der Waals surface area contributed by atoms with Gasteiger partial charge in [0.1, 0.15) is 6.17 Å². The molecular formula is C20H22N2O2. The van der Waals surface area contributed by atoms with Crippen molar-refractivity contribution in [1.29, 1.82) is 0 Å². The van der Waals surface area contributed by atoms with Crippen LogP contribution in [0.2, 0.25) is 0 Å². The summed E-state index contributed by atoms with van der Waals surface area (Å²) in [6.45, 7) is 3.24. The summed E-state index contributed by atoms with van der Waals surface area (Å²) >= 11 is 0. The molecule has 4 nitrogen and oxygen atoms in total. The number of amides is 2. The predicted molar refractivity (Wildman–Crippen MR) is 93.7 cm³/mol. The van der Waals surface area contributed by atoms with E-state index in [4.69, 9.17) is 0 Å². The molecule has 1 heterocycles. The Bertz CT molecular complexity index is 641. The third kappa shape index (κ3) is 3.18. The van der Waals surface area contributed by atoms with E-state index in [1.165, 1.54) is 0 Å². The van der Waals surface area contributed by atoms with Gasteiger partial charge >= 0.3 is 0 Å². The van der Waals surface area contributed by atoms with Crippen molar-refractivity contribution in [1.82, 2.24) is 9.80 Å². The Morgan fingerprint density at radius 1 is 0.833 bits per heavy atom. The predicted octanol–water partition coefficient (Wildman–Crippen LogP) is 3.41. The molecular weight excluding hydrogens is 300 g/mol. The molecule has 2 aromatic rings. The summed E-state index contributed by atoms with van der Waals surface area (Å²) in [5.74, 6) is -0.00479. The molecule has 3 rings (SSSR count). The lowest BCUT2D eigenvalue weighted by molar-refractivity contribution is 0.0530. The van der Waals surface area contributed by atoms with Gasteiger partial charge in [-0.2, -0.15) is 0 Å². The minimum atomic E-state index is -0.171. The maximum atomic E-state index is 12.8. The smallest absolute Gasteiger partial charge is 0.255 e. The second kappa shape index (κ2) is 7.30. The molecule has 24 heavy (non-hydrogen) atoms. The standard InChI is InChI=1S/C20H22N2O2/c1-2-9-18-21(19(23)16-10-5-3-6-11-16)14-15-22(18)20(24)17-12-7-4-8-13-17/h3-8,10-13,18H,2,9,14-15H2,1H3. The normalized spacial score (nSPS) is 14.9. The molecule has 0 aliphatic carbocycles. The van der Waals surface area contributed by atoms with Gasteiger partial charge in [-0.3, -0.25) is 9.59 Å². The monoisotopic (exact) mass is 322 g/mol. The number of carbonyl (C=O) groups is 2. The molecule has 1 saturated heterocycles. The van der Waals surface area contributed by atoms with E-state index in [1.54, 1.807) is 0 Å². The first kappa shape index (κ1) is 16.2. The fourth-order valence-corrected chi connectivity index (χ4v) is 3.22. The van der Waals surface area contributed by atoms with Gasteiger partial charge in [0.25, 0.3) is 11.8 Å². The van der Waals surface area contributed by atoms with E-state index < -0.39 is 0 Å². The minimum absolute atomic E-state index is 0.00240. The van der Waals surface area contributed by atoms with E-state index in [2.05, 4.69) is 6.92 Å². The van der Waals surface area contributed by atoms with Gasteiger partial charge < -0.3 is 9.80 Å². The Kier molecular flexibility index (Phi) is 4.94. The Morgan fingerprint density at radius 2 is 1.25 bits per heavy atom. The minimum Gasteiger partial charge on any atom is -0.316 e. The Balaban J connectivity index is 1.83. The van der Waals surface area contributed by atoms with Crippen molar-refractivity contribution >= 4 is 11.8 Å². The van der Waals surface area contributed by atoms with E-state index in [0.717, 1.165) is 12.8 Å². The van der Waals surface area contributed by atoms with E-state index in [0.29, 0.717) is 24.2 Å². The van der Waals surface area contributed by atoms with Gasteiger partial charge in [-0.15, -0.1) is 0 Å². The summed E-state index contributed by atoms with van der Waals surface area (Å²) in [4.78, 5) is 29.3. The van der Waals surface area contributed by atoms with Gasteiger partial charge in [0.2, 0.25) is 0 Å². The first-order valence-corrected chi connectivity index (χ1v) is 8.44. The van der Waals surface area contributed by atoms with Crippen LogP contribution in [0.3, 0.4) is 0 Å². The largest absolute Gasteiger partial charge is 0.316 e. The highest BCUT2D eigenvalue weighted by Crippen LogP contribution is 2.23. The van der Waals surface area contributed by atoms with Gasteiger partial charge in [-0.05, 0) is 30.7 Å². The van der Waals surface area contributed by atoms with Crippen molar-refractivity contribution in [2.75, 3.05) is 13.1 Å². The maximum Gasteiger partial charge on any atom is 0.255 e. The van der Waals surface area contributed by atoms with Crippen LogP contribution in [-0.4, -0.2) is 40.9 Å². The zero-order valence-electron chi connectivity index (χ0n) is 13.9. The van der Waals surface area contributed by atoms with Crippen LogP contribution in [0.25, 0.3) is 0 Å². The lowest BCUT2D eigenvalue weighted by Gasteiger charge is -2.30. The number of carbonyl (C=O) groups excluding carboxylic acids is 2. The lowest BCUT2D eigenvalue weighted by atomic mass is 10.1. The average Bonchev–Trinajstić information content (AvgIpc) is 3.06. The van der Waals surface area contributed by atoms with Crippen LogP contribution in [0.1, 0.15) is 40.5 Å². The molecule has 0 N–H and O–H groups in total. The van der Waals surface area contributed by atoms with Crippen LogP contribution in [-0.2, 0) is 0 Å². The van der Waals surface area contributed by atoms with E-state index in [1.807, 2.05) is 70.5 Å². The SMILES string of the molecule is CCCC1N(C(=O)c2ccccc2)CCN1C(=O)c1ccccc1. The topological polar surface area (TPSA) is 40.6 Å². The highest BCUT2D eigenvalue weighted by molar-refractivity contribution is 5.97. The van der Waals surface area contributed by atoms with E-state index >= 15 is 0 Å². The van der Waals surface area contributed by atoms with Gasteiger partial charge in [0.15, 0.2) is 0 Å². The fourth-order valence-electron chi connectivity index (χ4n) is 3.22. The Morgan fingerprint density at radius 3 is 1.62 bits per heavy atom. The van der Waals surface area contributed by atoms with Crippen molar-refractivity contribution < 1.29 is 9.59 Å². The molecule has 4 heteroatoms. The molecule has 0 aromatic heterocycles. The molecule has 0 atom stereocenters. The summed E-state index contributed by atoms with van der Waals surface area (Å²) < 4.78 is 0. The Hall–Kier alpha value is -2.62. The molecule has 0 radical (unpaired) electrons. The number of benzene rings is 2. The van der Waals surface area contributed by atoms with Gasteiger partial charge in [-0.25, -0.2) is 0 Å². The highest BCUT2D eigenvalue weighted by atomic mass is 16.2. The van der Waals surface area contributed by atoms with E-state index in [9.17, 15) is 9.59 Å². The molecule has 0 unspecified atom stereocenters. The summed E-state index contributed by atoms with van der Waals surface area (Å²) in [5.41, 5.74) is 1.35. The fraction of sp³-hybridized carbons (Fsp3) is 0.300. The van der Waals surface area contributed by atoms with E-state index in [-0.39, 0.29) is 18.0 Å².